The van der Waals surface area contributed by atoms with Crippen LogP contribution >= 0.6 is 23.2 Å². The first-order chi connectivity index (χ1) is 8.72. The highest BCUT2D eigenvalue weighted by Crippen LogP contribution is 2.32. The molecule has 0 saturated heterocycles. The topological polar surface area (TPSA) is 34.2 Å². The van der Waals surface area contributed by atoms with E-state index in [2.05, 4.69) is 10.3 Å². The fourth-order valence-corrected chi connectivity index (χ4v) is 1.88. The molecule has 0 amide bonds. The summed E-state index contributed by atoms with van der Waals surface area (Å²) in [5, 5.41) is 3.91. The lowest BCUT2D eigenvalue weighted by molar-refractivity contribution is 0.306. The van der Waals surface area contributed by atoms with Crippen molar-refractivity contribution in [2.75, 3.05) is 12.4 Å². The van der Waals surface area contributed by atoms with Gasteiger partial charge >= 0.3 is 0 Å². The molecule has 1 aromatic carbocycles. The van der Waals surface area contributed by atoms with Crippen molar-refractivity contribution in [3.05, 3.63) is 52.1 Å². The average Bonchev–Trinajstić information content (AvgIpc) is 2.41. The van der Waals surface area contributed by atoms with Crippen LogP contribution < -0.4 is 10.1 Å². The molecule has 0 radical (unpaired) electrons. The number of hydrogen-bond acceptors (Lipinski definition) is 3. The average molecular weight is 283 g/mol. The Hall–Kier alpha value is -1.45. The van der Waals surface area contributed by atoms with Gasteiger partial charge in [0.25, 0.3) is 0 Å². The lowest BCUT2D eigenvalue weighted by atomic mass is 10.2. The summed E-state index contributed by atoms with van der Waals surface area (Å²) in [6.45, 7) is 0.379. The lowest BCUT2D eigenvalue weighted by Gasteiger charge is -2.11. The van der Waals surface area contributed by atoms with E-state index in [1.165, 1.54) is 0 Å². The van der Waals surface area contributed by atoms with Crippen LogP contribution in [-0.2, 0) is 6.61 Å². The first-order valence-corrected chi connectivity index (χ1v) is 6.16. The second-order valence-corrected chi connectivity index (χ2v) is 4.39. The molecule has 0 saturated carbocycles. The summed E-state index contributed by atoms with van der Waals surface area (Å²) in [4.78, 5) is 4.20. The van der Waals surface area contributed by atoms with Crippen molar-refractivity contribution < 1.29 is 4.74 Å². The van der Waals surface area contributed by atoms with Crippen LogP contribution in [0.3, 0.4) is 0 Å². The number of benzene rings is 1. The SMILES string of the molecule is CNc1ncccc1COc1cccc(Cl)c1Cl. The summed E-state index contributed by atoms with van der Waals surface area (Å²) in [6, 6.07) is 9.10. The Balaban J connectivity index is 2.14. The fraction of sp³-hybridized carbons (Fsp3) is 0.154. The zero-order valence-electron chi connectivity index (χ0n) is 9.78. The van der Waals surface area contributed by atoms with E-state index in [-0.39, 0.29) is 0 Å². The monoisotopic (exact) mass is 282 g/mol. The normalized spacial score (nSPS) is 10.2. The molecule has 5 heteroatoms. The highest BCUT2D eigenvalue weighted by molar-refractivity contribution is 6.42. The van der Waals surface area contributed by atoms with Crippen LogP contribution in [0.4, 0.5) is 5.82 Å². The number of halogens is 2. The Morgan fingerprint density at radius 3 is 2.83 bits per heavy atom. The van der Waals surface area contributed by atoms with Gasteiger partial charge in [-0.2, -0.15) is 0 Å². The second kappa shape index (κ2) is 5.94. The van der Waals surface area contributed by atoms with Crippen molar-refractivity contribution >= 4 is 29.0 Å². The predicted octanol–water partition coefficient (Wildman–Crippen LogP) is 4.01. The third-order valence-electron chi connectivity index (χ3n) is 2.43. The summed E-state index contributed by atoms with van der Waals surface area (Å²) < 4.78 is 5.65. The fourth-order valence-electron chi connectivity index (χ4n) is 1.53. The first-order valence-electron chi connectivity index (χ1n) is 5.41. The number of ether oxygens (including phenoxy) is 1. The molecule has 0 atom stereocenters. The summed E-state index contributed by atoms with van der Waals surface area (Å²) in [7, 11) is 1.82. The minimum absolute atomic E-state index is 0.379. The number of anilines is 1. The van der Waals surface area contributed by atoms with E-state index in [0.717, 1.165) is 11.4 Å². The van der Waals surface area contributed by atoms with Crippen molar-refractivity contribution in [2.45, 2.75) is 6.61 Å². The molecule has 0 unspecified atom stereocenters. The maximum Gasteiger partial charge on any atom is 0.139 e. The van der Waals surface area contributed by atoms with Gasteiger partial charge < -0.3 is 10.1 Å². The first kappa shape index (κ1) is 13.0. The minimum Gasteiger partial charge on any atom is -0.487 e. The standard InChI is InChI=1S/C13H12Cl2N2O/c1-16-13-9(4-3-7-17-13)8-18-11-6-2-5-10(14)12(11)15/h2-7H,8H2,1H3,(H,16,17). The molecule has 0 aliphatic rings. The number of aromatic nitrogens is 1. The number of rotatable bonds is 4. The molecule has 0 aliphatic carbocycles. The van der Waals surface area contributed by atoms with Crippen molar-refractivity contribution in [1.82, 2.24) is 4.98 Å². The largest absolute Gasteiger partial charge is 0.487 e. The molecule has 0 bridgehead atoms. The van der Waals surface area contributed by atoms with E-state index in [1.54, 1.807) is 24.4 Å². The highest BCUT2D eigenvalue weighted by Gasteiger charge is 2.07. The van der Waals surface area contributed by atoms with Gasteiger partial charge in [-0.05, 0) is 18.2 Å². The van der Waals surface area contributed by atoms with Gasteiger partial charge in [0.1, 0.15) is 23.2 Å². The minimum atomic E-state index is 0.379. The van der Waals surface area contributed by atoms with Gasteiger partial charge in [-0.15, -0.1) is 0 Å². The smallest absolute Gasteiger partial charge is 0.139 e. The quantitative estimate of drug-likeness (QED) is 0.920. The molecule has 2 aromatic rings. The molecule has 94 valence electrons. The Kier molecular flexibility index (Phi) is 4.28. The molecule has 0 spiro atoms. The third-order valence-corrected chi connectivity index (χ3v) is 3.23. The molecular weight excluding hydrogens is 271 g/mol. The van der Waals surface area contributed by atoms with Gasteiger partial charge in [0.2, 0.25) is 0 Å². The van der Waals surface area contributed by atoms with Crippen LogP contribution in [0.1, 0.15) is 5.56 Å². The molecule has 2 rings (SSSR count). The Morgan fingerprint density at radius 2 is 2.06 bits per heavy atom. The second-order valence-electron chi connectivity index (χ2n) is 3.60. The van der Waals surface area contributed by atoms with Crippen molar-refractivity contribution in [3.63, 3.8) is 0 Å². The van der Waals surface area contributed by atoms with E-state index in [4.69, 9.17) is 27.9 Å². The van der Waals surface area contributed by atoms with Gasteiger partial charge in [-0.3, -0.25) is 0 Å². The Labute approximate surface area is 116 Å². The third kappa shape index (κ3) is 2.86. The van der Waals surface area contributed by atoms with E-state index in [1.807, 2.05) is 19.2 Å². The van der Waals surface area contributed by atoms with Crippen molar-refractivity contribution in [2.24, 2.45) is 0 Å². The molecular formula is C13H12Cl2N2O. The number of pyridine rings is 1. The maximum absolute atomic E-state index is 6.04. The molecule has 0 fully saturated rings. The number of nitrogens with zero attached hydrogens (tertiary/aromatic N) is 1. The Bertz CT molecular complexity index is 546. The van der Waals surface area contributed by atoms with Gasteiger partial charge in [0.05, 0.1) is 5.02 Å². The van der Waals surface area contributed by atoms with E-state index < -0.39 is 0 Å². The molecule has 1 N–H and O–H groups in total. The predicted molar refractivity (Wildman–Crippen MR) is 74.6 cm³/mol. The molecule has 1 heterocycles. The molecule has 18 heavy (non-hydrogen) atoms. The van der Waals surface area contributed by atoms with Crippen molar-refractivity contribution in [3.8, 4) is 5.75 Å². The van der Waals surface area contributed by atoms with Crippen LogP contribution in [0, 0.1) is 0 Å². The number of hydrogen-bond donors (Lipinski definition) is 1. The zero-order chi connectivity index (χ0) is 13.0. The Morgan fingerprint density at radius 1 is 1.22 bits per heavy atom. The van der Waals surface area contributed by atoms with E-state index >= 15 is 0 Å². The molecule has 3 nitrogen and oxygen atoms in total. The van der Waals surface area contributed by atoms with E-state index in [9.17, 15) is 0 Å². The van der Waals surface area contributed by atoms with Gasteiger partial charge in [0.15, 0.2) is 0 Å². The maximum atomic E-state index is 6.04. The summed E-state index contributed by atoms with van der Waals surface area (Å²) in [6.07, 6.45) is 1.72. The van der Waals surface area contributed by atoms with Crippen LogP contribution in [0.5, 0.6) is 5.75 Å². The van der Waals surface area contributed by atoms with Gasteiger partial charge in [-0.25, -0.2) is 4.98 Å². The summed E-state index contributed by atoms with van der Waals surface area (Å²) >= 11 is 12.0. The zero-order valence-corrected chi connectivity index (χ0v) is 11.3. The van der Waals surface area contributed by atoms with Crippen LogP contribution in [0.25, 0.3) is 0 Å². The van der Waals surface area contributed by atoms with Crippen LogP contribution in [0.15, 0.2) is 36.5 Å². The number of nitrogens with one attached hydrogen (secondary N) is 1. The van der Waals surface area contributed by atoms with Gasteiger partial charge in [0, 0.05) is 18.8 Å². The van der Waals surface area contributed by atoms with E-state index in [0.29, 0.717) is 22.4 Å². The van der Waals surface area contributed by atoms with Crippen LogP contribution in [-0.4, -0.2) is 12.0 Å². The summed E-state index contributed by atoms with van der Waals surface area (Å²) in [5.41, 5.74) is 0.955. The van der Waals surface area contributed by atoms with Gasteiger partial charge in [-0.1, -0.05) is 35.3 Å². The highest BCUT2D eigenvalue weighted by atomic mass is 35.5. The van der Waals surface area contributed by atoms with Crippen LogP contribution in [0.2, 0.25) is 10.0 Å². The lowest BCUT2D eigenvalue weighted by Crippen LogP contribution is -2.02. The van der Waals surface area contributed by atoms with Crippen molar-refractivity contribution in [1.29, 1.82) is 0 Å². The summed E-state index contributed by atoms with van der Waals surface area (Å²) in [5.74, 6) is 1.35. The molecule has 0 aliphatic heterocycles. The molecule has 1 aromatic heterocycles.